The van der Waals surface area contributed by atoms with Gasteiger partial charge in [0.25, 0.3) is 0 Å². The van der Waals surface area contributed by atoms with Gasteiger partial charge in [0.2, 0.25) is 11.7 Å². The summed E-state index contributed by atoms with van der Waals surface area (Å²) in [7, 11) is 0. The highest BCUT2D eigenvalue weighted by atomic mass is 79.9. The summed E-state index contributed by atoms with van der Waals surface area (Å²) in [4.78, 5) is 4.51. The number of alkyl halides is 1. The lowest BCUT2D eigenvalue weighted by Crippen LogP contribution is -2.26. The van der Waals surface area contributed by atoms with Gasteiger partial charge in [0.15, 0.2) is 0 Å². The van der Waals surface area contributed by atoms with E-state index in [1.807, 2.05) is 13.8 Å². The van der Waals surface area contributed by atoms with Crippen molar-refractivity contribution < 1.29 is 9.26 Å². The molecule has 4 nitrogen and oxygen atoms in total. The molecule has 0 aliphatic rings. The molecule has 1 aromatic rings. The lowest BCUT2D eigenvalue weighted by molar-refractivity contribution is -0.0403. The lowest BCUT2D eigenvalue weighted by atomic mass is 10.0. The highest BCUT2D eigenvalue weighted by molar-refractivity contribution is 9.09. The molecule has 0 radical (unpaired) electrons. The summed E-state index contributed by atoms with van der Waals surface area (Å²) in [5.74, 6) is 1.25. The zero-order valence-electron chi connectivity index (χ0n) is 10.3. The van der Waals surface area contributed by atoms with Crippen LogP contribution in [-0.2, 0) is 10.3 Å². The minimum Gasteiger partial charge on any atom is -0.367 e. The summed E-state index contributed by atoms with van der Waals surface area (Å²) in [6, 6.07) is 0. The van der Waals surface area contributed by atoms with Crippen molar-refractivity contribution in [3.05, 3.63) is 11.7 Å². The van der Waals surface area contributed by atoms with Gasteiger partial charge in [-0.2, -0.15) is 4.98 Å². The van der Waals surface area contributed by atoms with Crippen LogP contribution in [0.4, 0.5) is 0 Å². The van der Waals surface area contributed by atoms with Gasteiger partial charge >= 0.3 is 0 Å². The van der Waals surface area contributed by atoms with Crippen molar-refractivity contribution in [3.63, 3.8) is 0 Å². The molecule has 1 aromatic heterocycles. The first kappa shape index (κ1) is 13.6. The molecule has 0 N–H and O–H groups in total. The fourth-order valence-electron chi connectivity index (χ4n) is 1.40. The third-order valence-corrected chi connectivity index (χ3v) is 3.72. The van der Waals surface area contributed by atoms with Gasteiger partial charge in [0.05, 0.1) is 4.83 Å². The molecule has 1 heterocycles. The highest BCUT2D eigenvalue weighted by Gasteiger charge is 2.31. The fraction of sp³-hybridized carbons (Fsp3) is 0.818. The van der Waals surface area contributed by atoms with Crippen molar-refractivity contribution in [1.82, 2.24) is 10.1 Å². The van der Waals surface area contributed by atoms with Crippen molar-refractivity contribution in [2.24, 2.45) is 0 Å². The average molecular weight is 291 g/mol. The number of aromatic nitrogens is 2. The Balaban J connectivity index is 2.90. The molecule has 92 valence electrons. The van der Waals surface area contributed by atoms with Crippen LogP contribution >= 0.6 is 15.9 Å². The number of hydrogen-bond donors (Lipinski definition) is 0. The number of ether oxygens (including phenoxy) is 1. The Morgan fingerprint density at radius 2 is 2.12 bits per heavy atom. The lowest BCUT2D eigenvalue weighted by Gasteiger charge is -2.23. The van der Waals surface area contributed by atoms with Crippen LogP contribution in [0.15, 0.2) is 4.52 Å². The Labute approximate surface area is 105 Å². The molecule has 0 amide bonds. The topological polar surface area (TPSA) is 48.2 Å². The van der Waals surface area contributed by atoms with Crippen molar-refractivity contribution in [1.29, 1.82) is 0 Å². The molecule has 0 aromatic carbocycles. The van der Waals surface area contributed by atoms with E-state index < -0.39 is 5.60 Å². The molecular formula is C11H19BrN2O2. The zero-order valence-corrected chi connectivity index (χ0v) is 11.9. The van der Waals surface area contributed by atoms with E-state index in [-0.39, 0.29) is 4.83 Å². The first-order chi connectivity index (χ1) is 7.57. The molecular weight excluding hydrogens is 272 g/mol. The largest absolute Gasteiger partial charge is 0.367 e. The van der Waals surface area contributed by atoms with Crippen molar-refractivity contribution in [2.45, 2.75) is 51.0 Å². The van der Waals surface area contributed by atoms with E-state index in [0.29, 0.717) is 18.3 Å². The Kier molecular flexibility index (Phi) is 4.92. The minimum absolute atomic E-state index is 0.122. The molecule has 0 saturated carbocycles. The smallest absolute Gasteiger partial charge is 0.240 e. The quantitative estimate of drug-likeness (QED) is 0.752. The number of nitrogens with zero attached hydrogens (tertiary/aromatic N) is 2. The van der Waals surface area contributed by atoms with Gasteiger partial charge < -0.3 is 9.26 Å². The molecule has 0 spiro atoms. The molecule has 0 saturated heterocycles. The Hall–Kier alpha value is -0.420. The van der Waals surface area contributed by atoms with Crippen LogP contribution in [-0.4, -0.2) is 16.7 Å². The normalized spacial score (nSPS) is 17.1. The predicted octanol–water partition coefficient (Wildman–Crippen LogP) is 3.58. The van der Waals surface area contributed by atoms with Crippen LogP contribution in [0.25, 0.3) is 0 Å². The van der Waals surface area contributed by atoms with Gasteiger partial charge in [-0.15, -0.1) is 0 Å². The zero-order chi connectivity index (χ0) is 12.2. The maximum atomic E-state index is 5.69. The molecule has 2 atom stereocenters. The molecule has 2 unspecified atom stereocenters. The summed E-state index contributed by atoms with van der Waals surface area (Å²) in [6.45, 7) is 8.70. The number of hydrogen-bond acceptors (Lipinski definition) is 4. The second kappa shape index (κ2) is 5.77. The van der Waals surface area contributed by atoms with Crippen LogP contribution in [0.1, 0.15) is 57.1 Å². The van der Waals surface area contributed by atoms with E-state index in [4.69, 9.17) is 9.26 Å². The second-order valence-corrected chi connectivity index (χ2v) is 4.95. The maximum absolute atomic E-state index is 5.69. The van der Waals surface area contributed by atoms with Crippen LogP contribution in [0.2, 0.25) is 0 Å². The first-order valence-electron chi connectivity index (χ1n) is 5.69. The SMILES string of the molecule is CCOC(C)(CC)c1noc(C(Br)CC)n1. The standard InChI is InChI=1S/C11H19BrN2O2/c1-5-8(12)9-13-10(14-16-9)11(4,6-2)15-7-3/h8H,5-7H2,1-4H3. The van der Waals surface area contributed by atoms with E-state index in [0.717, 1.165) is 12.8 Å². The van der Waals surface area contributed by atoms with Gasteiger partial charge in [0.1, 0.15) is 5.60 Å². The average Bonchev–Trinajstić information content (AvgIpc) is 2.78. The summed E-state index contributed by atoms with van der Waals surface area (Å²) in [5.41, 5.74) is -0.447. The highest BCUT2D eigenvalue weighted by Crippen LogP contribution is 2.30. The number of rotatable bonds is 6. The van der Waals surface area contributed by atoms with Gasteiger partial charge in [-0.1, -0.05) is 34.9 Å². The Bertz CT molecular complexity index is 330. The van der Waals surface area contributed by atoms with Crippen LogP contribution in [0, 0.1) is 0 Å². The van der Waals surface area contributed by atoms with E-state index in [1.54, 1.807) is 0 Å². The molecule has 1 rings (SSSR count). The molecule has 0 fully saturated rings. The summed E-state index contributed by atoms with van der Waals surface area (Å²) >= 11 is 3.49. The third kappa shape index (κ3) is 2.83. The summed E-state index contributed by atoms with van der Waals surface area (Å²) in [6.07, 6.45) is 1.73. The van der Waals surface area contributed by atoms with Crippen molar-refractivity contribution in [3.8, 4) is 0 Å². The van der Waals surface area contributed by atoms with E-state index in [2.05, 4.69) is 39.9 Å². The van der Waals surface area contributed by atoms with Crippen LogP contribution in [0.5, 0.6) is 0 Å². The van der Waals surface area contributed by atoms with E-state index >= 15 is 0 Å². The van der Waals surface area contributed by atoms with Gasteiger partial charge in [-0.25, -0.2) is 0 Å². The maximum Gasteiger partial charge on any atom is 0.240 e. The Morgan fingerprint density at radius 1 is 1.44 bits per heavy atom. The van der Waals surface area contributed by atoms with Crippen LogP contribution < -0.4 is 0 Å². The molecule has 16 heavy (non-hydrogen) atoms. The summed E-state index contributed by atoms with van der Waals surface area (Å²) in [5, 5.41) is 4.01. The van der Waals surface area contributed by atoms with Crippen LogP contribution in [0.3, 0.4) is 0 Å². The molecule has 0 aliphatic carbocycles. The number of halogens is 1. The van der Waals surface area contributed by atoms with E-state index in [9.17, 15) is 0 Å². The third-order valence-electron chi connectivity index (χ3n) is 2.68. The first-order valence-corrected chi connectivity index (χ1v) is 6.61. The molecule has 5 heteroatoms. The van der Waals surface area contributed by atoms with Gasteiger partial charge in [-0.05, 0) is 26.7 Å². The summed E-state index contributed by atoms with van der Waals surface area (Å²) < 4.78 is 10.9. The van der Waals surface area contributed by atoms with Gasteiger partial charge in [0, 0.05) is 6.61 Å². The Morgan fingerprint density at radius 3 is 2.62 bits per heavy atom. The second-order valence-electron chi connectivity index (χ2n) is 3.85. The van der Waals surface area contributed by atoms with Crippen molar-refractivity contribution in [2.75, 3.05) is 6.61 Å². The van der Waals surface area contributed by atoms with E-state index in [1.165, 1.54) is 0 Å². The van der Waals surface area contributed by atoms with Crippen molar-refractivity contribution >= 4 is 15.9 Å². The fourth-order valence-corrected chi connectivity index (χ4v) is 1.58. The minimum atomic E-state index is -0.447. The predicted molar refractivity (Wildman–Crippen MR) is 65.5 cm³/mol. The monoisotopic (exact) mass is 290 g/mol. The van der Waals surface area contributed by atoms with Gasteiger partial charge in [-0.3, -0.25) is 0 Å². The molecule has 0 bridgehead atoms. The molecule has 0 aliphatic heterocycles.